The molecule has 0 saturated carbocycles. The molecule has 0 spiro atoms. The Morgan fingerprint density at radius 1 is 1.06 bits per heavy atom. The largest absolute Gasteiger partial charge is 1.00 e. The number of carboxylic acid groups (broad SMARTS) is 1. The van der Waals surface area contributed by atoms with E-state index >= 15 is 0 Å². The molecule has 0 bridgehead atoms. The minimum atomic E-state index is -4.47. The molecule has 12 heteroatoms. The van der Waals surface area contributed by atoms with Crippen LogP contribution in [0.5, 0.6) is 5.75 Å². The maximum atomic E-state index is 12.8. The number of benzene rings is 2. The third-order valence-corrected chi connectivity index (χ3v) is 5.63. The number of hydrogen-bond acceptors (Lipinski definition) is 8. The van der Waals surface area contributed by atoms with Crippen LogP contribution in [-0.4, -0.2) is 70.4 Å². The molecule has 0 radical (unpaired) electrons. The van der Waals surface area contributed by atoms with Gasteiger partial charge in [0.05, 0.1) is 11.5 Å². The normalized spacial score (nSPS) is 25.5. The van der Waals surface area contributed by atoms with Gasteiger partial charge in [-0.05, 0) is 36.9 Å². The van der Waals surface area contributed by atoms with Gasteiger partial charge in [0.1, 0.15) is 42.5 Å². The second kappa shape index (κ2) is 12.5. The van der Waals surface area contributed by atoms with E-state index in [4.69, 9.17) is 9.47 Å². The van der Waals surface area contributed by atoms with Crippen molar-refractivity contribution >= 4 is 5.97 Å². The predicted molar refractivity (Wildman–Crippen MR) is 110 cm³/mol. The topological polar surface area (TPSA) is 123 Å². The number of aliphatic hydroxyl groups is 3. The molecule has 1 saturated heterocycles. The van der Waals surface area contributed by atoms with E-state index in [1.54, 1.807) is 30.3 Å². The number of ether oxygens (including phenoxy) is 2. The smallest absolute Gasteiger partial charge is 0.547 e. The van der Waals surface area contributed by atoms with Crippen LogP contribution in [0, 0.1) is 0 Å². The van der Waals surface area contributed by atoms with Gasteiger partial charge in [-0.3, -0.25) is 4.90 Å². The van der Waals surface area contributed by atoms with Crippen LogP contribution in [0.15, 0.2) is 54.6 Å². The Hall–Kier alpha value is -1.70. The van der Waals surface area contributed by atoms with Gasteiger partial charge >= 0.3 is 35.7 Å². The average Bonchev–Trinajstić information content (AvgIpc) is 2.80. The van der Waals surface area contributed by atoms with Crippen molar-refractivity contribution in [3.63, 3.8) is 0 Å². The van der Waals surface area contributed by atoms with Crippen LogP contribution >= 0.6 is 0 Å². The van der Waals surface area contributed by atoms with Gasteiger partial charge in [-0.25, -0.2) is 0 Å². The Balaban J connectivity index is 0.00000432. The fourth-order valence-electron chi connectivity index (χ4n) is 3.72. The number of hydrogen-bond donors (Lipinski definition) is 3. The fourth-order valence-corrected chi connectivity index (χ4v) is 3.72. The van der Waals surface area contributed by atoms with Crippen molar-refractivity contribution in [3.05, 3.63) is 65.7 Å². The molecule has 0 aromatic heterocycles. The summed E-state index contributed by atoms with van der Waals surface area (Å²) in [5.74, 6) is -1.52. The van der Waals surface area contributed by atoms with Gasteiger partial charge in [-0.15, -0.1) is 0 Å². The summed E-state index contributed by atoms with van der Waals surface area (Å²) in [4.78, 5) is 12.7. The number of aliphatic carboxylic acids is 1. The zero-order valence-electron chi connectivity index (χ0n) is 19.1. The van der Waals surface area contributed by atoms with Crippen molar-refractivity contribution in [1.82, 2.24) is 4.90 Å². The first-order valence-corrected chi connectivity index (χ1v) is 10.5. The summed E-state index contributed by atoms with van der Waals surface area (Å²) >= 11 is 0. The fraction of sp³-hybridized carbons (Fsp3) is 0.435. The molecule has 35 heavy (non-hydrogen) atoms. The van der Waals surface area contributed by atoms with Crippen molar-refractivity contribution < 1.29 is 77.4 Å². The molecule has 6 atom stereocenters. The standard InChI is InChI=1S/C23H26F3NO7.Na/c1-27(21-19(30)17(28)18(29)20(34-21)22(31)32)12-11-16(13-5-3-2-4-6-13)33-15-9-7-14(8-10-15)23(24,25)26;/h2-10,16-21,28-30H,11-12H2,1H3,(H,31,32);/q;+1/p-1/t16?,17-,18-,19+,20-,21+;/m0./s1. The quantitative estimate of drug-likeness (QED) is 0.342. The minimum Gasteiger partial charge on any atom is -0.547 e. The van der Waals surface area contributed by atoms with Crippen molar-refractivity contribution in [2.75, 3.05) is 13.6 Å². The molecule has 3 rings (SSSR count). The molecule has 0 aliphatic carbocycles. The summed E-state index contributed by atoms with van der Waals surface area (Å²) in [6.07, 6.45) is -13.1. The molecule has 2 aromatic carbocycles. The van der Waals surface area contributed by atoms with Gasteiger partial charge in [-0.2, -0.15) is 13.2 Å². The van der Waals surface area contributed by atoms with Crippen molar-refractivity contribution in [2.45, 2.75) is 49.3 Å². The molecular weight excluding hydrogens is 482 g/mol. The summed E-state index contributed by atoms with van der Waals surface area (Å²) in [6.45, 7) is 0.171. The number of halogens is 3. The molecule has 8 nitrogen and oxygen atoms in total. The third-order valence-electron chi connectivity index (χ3n) is 5.63. The molecule has 1 fully saturated rings. The number of carboxylic acids is 1. The summed E-state index contributed by atoms with van der Waals surface area (Å²) in [6, 6.07) is 13.2. The van der Waals surface area contributed by atoms with Crippen LogP contribution < -0.4 is 39.4 Å². The van der Waals surface area contributed by atoms with Crippen molar-refractivity contribution in [2.24, 2.45) is 0 Å². The van der Waals surface area contributed by atoms with E-state index < -0.39 is 54.5 Å². The van der Waals surface area contributed by atoms with Crippen LogP contribution in [0.1, 0.15) is 23.7 Å². The van der Waals surface area contributed by atoms with E-state index in [2.05, 4.69) is 0 Å². The Labute approximate surface area is 222 Å². The van der Waals surface area contributed by atoms with E-state index in [1.165, 1.54) is 24.1 Å². The number of aliphatic hydroxyl groups excluding tert-OH is 3. The van der Waals surface area contributed by atoms with Crippen LogP contribution in [0.3, 0.4) is 0 Å². The molecule has 2 aromatic rings. The zero-order valence-corrected chi connectivity index (χ0v) is 21.1. The summed E-state index contributed by atoms with van der Waals surface area (Å²) in [5.41, 5.74) is -0.0634. The molecule has 1 aliphatic rings. The number of likely N-dealkylation sites (N-methyl/N-ethyl adjacent to an activating group) is 1. The van der Waals surface area contributed by atoms with Gasteiger partial charge in [0.2, 0.25) is 0 Å². The Morgan fingerprint density at radius 2 is 1.66 bits per heavy atom. The second-order valence-corrected chi connectivity index (χ2v) is 8.05. The van der Waals surface area contributed by atoms with Crippen LogP contribution in [0.25, 0.3) is 0 Å². The summed E-state index contributed by atoms with van der Waals surface area (Å²) in [5, 5.41) is 41.3. The van der Waals surface area contributed by atoms with E-state index in [9.17, 15) is 38.4 Å². The van der Waals surface area contributed by atoms with Crippen LogP contribution in [0.4, 0.5) is 13.2 Å². The molecule has 1 unspecified atom stereocenters. The maximum Gasteiger partial charge on any atom is 1.00 e. The first-order valence-electron chi connectivity index (χ1n) is 10.5. The number of carbonyl (C=O) groups is 1. The first-order chi connectivity index (χ1) is 16.0. The van der Waals surface area contributed by atoms with Gasteiger partial charge in [-0.1, -0.05) is 30.3 Å². The number of rotatable bonds is 8. The molecule has 1 aliphatic heterocycles. The molecular formula is C23H25F3NNaO7. The molecule has 1 heterocycles. The van der Waals surface area contributed by atoms with E-state index in [0.717, 1.165) is 17.7 Å². The minimum absolute atomic E-state index is 0. The van der Waals surface area contributed by atoms with Crippen molar-refractivity contribution in [1.29, 1.82) is 0 Å². The van der Waals surface area contributed by atoms with E-state index in [0.29, 0.717) is 0 Å². The molecule has 0 amide bonds. The van der Waals surface area contributed by atoms with Crippen LogP contribution in [-0.2, 0) is 15.7 Å². The average molecular weight is 507 g/mol. The Bertz CT molecular complexity index is 948. The van der Waals surface area contributed by atoms with Crippen molar-refractivity contribution in [3.8, 4) is 5.75 Å². The van der Waals surface area contributed by atoms with Gasteiger partial charge in [0.15, 0.2) is 0 Å². The first kappa shape index (κ1) is 29.5. The Kier molecular flexibility index (Phi) is 10.6. The van der Waals surface area contributed by atoms with E-state index in [-0.39, 0.29) is 48.3 Å². The maximum absolute atomic E-state index is 12.8. The number of alkyl halides is 3. The predicted octanol–water partition coefficient (Wildman–Crippen LogP) is -2.29. The summed E-state index contributed by atoms with van der Waals surface area (Å²) < 4.78 is 49.7. The Morgan fingerprint density at radius 3 is 2.20 bits per heavy atom. The third kappa shape index (κ3) is 7.40. The summed E-state index contributed by atoms with van der Waals surface area (Å²) in [7, 11) is 1.52. The van der Waals surface area contributed by atoms with Gasteiger partial charge in [0.25, 0.3) is 0 Å². The number of carbonyl (C=O) groups excluding carboxylic acids is 1. The zero-order chi connectivity index (χ0) is 25.0. The number of nitrogens with zero attached hydrogens (tertiary/aromatic N) is 1. The van der Waals surface area contributed by atoms with Crippen LogP contribution in [0.2, 0.25) is 0 Å². The molecule has 186 valence electrons. The SMILES string of the molecule is CN(CCC(Oc1ccc(C(F)(F)F)cc1)c1ccccc1)[C@@H]1O[C@H](C(=O)[O-])[C@@H](O)[C@H](O)[C@H]1O.[Na+]. The monoisotopic (exact) mass is 507 g/mol. The second-order valence-electron chi connectivity index (χ2n) is 8.05. The van der Waals surface area contributed by atoms with Gasteiger partial charge in [0, 0.05) is 13.0 Å². The van der Waals surface area contributed by atoms with Gasteiger partial charge < -0.3 is 34.7 Å². The molecule has 3 N–H and O–H groups in total. The van der Waals surface area contributed by atoms with E-state index in [1.807, 2.05) is 0 Å².